The van der Waals surface area contributed by atoms with E-state index in [-0.39, 0.29) is 5.88 Å². The summed E-state index contributed by atoms with van der Waals surface area (Å²) >= 11 is 10.6. The first-order valence-electron chi connectivity index (χ1n) is 2.51. The number of hydrogen-bond acceptors (Lipinski definition) is 2. The van der Waals surface area contributed by atoms with Crippen LogP contribution in [0.15, 0.2) is 0 Å². The minimum absolute atomic E-state index is 0.0938. The molecule has 0 aliphatic carbocycles. The number of aliphatic hydroxyl groups is 2. The molecule has 56 valence electrons. The Bertz CT molecular complexity index is 95.6. The smallest absolute Gasteiger partial charge is 0.165 e. The SMILES string of the molecule is CC(O)(Cl)C(C)(O)CCl. The van der Waals surface area contributed by atoms with Crippen molar-refractivity contribution in [3.05, 3.63) is 0 Å². The largest absolute Gasteiger partial charge is 0.385 e. The van der Waals surface area contributed by atoms with Crippen molar-refractivity contribution in [1.82, 2.24) is 0 Å². The first-order chi connectivity index (χ1) is 3.81. The molecule has 2 N–H and O–H groups in total. The van der Waals surface area contributed by atoms with Gasteiger partial charge in [0.05, 0.1) is 5.88 Å². The van der Waals surface area contributed by atoms with E-state index in [0.717, 1.165) is 0 Å². The number of alkyl halides is 2. The van der Waals surface area contributed by atoms with E-state index < -0.39 is 10.7 Å². The van der Waals surface area contributed by atoms with Crippen LogP contribution >= 0.6 is 23.2 Å². The molecule has 2 nitrogen and oxygen atoms in total. The van der Waals surface area contributed by atoms with Crippen LogP contribution in [0.5, 0.6) is 0 Å². The van der Waals surface area contributed by atoms with Crippen LogP contribution in [0.3, 0.4) is 0 Å². The third kappa shape index (κ3) is 2.30. The number of rotatable bonds is 2. The maximum absolute atomic E-state index is 9.15. The van der Waals surface area contributed by atoms with Gasteiger partial charge >= 0.3 is 0 Å². The minimum atomic E-state index is -1.66. The van der Waals surface area contributed by atoms with Crippen LogP contribution in [0.2, 0.25) is 0 Å². The molecule has 0 aromatic carbocycles. The Labute approximate surface area is 64.4 Å². The van der Waals surface area contributed by atoms with Crippen molar-refractivity contribution in [1.29, 1.82) is 0 Å². The quantitative estimate of drug-likeness (QED) is 0.609. The van der Waals surface area contributed by atoms with Crippen molar-refractivity contribution in [3.63, 3.8) is 0 Å². The van der Waals surface area contributed by atoms with Crippen molar-refractivity contribution >= 4 is 23.2 Å². The number of halogens is 2. The van der Waals surface area contributed by atoms with E-state index in [9.17, 15) is 0 Å². The predicted molar refractivity (Wildman–Crippen MR) is 37.8 cm³/mol. The first-order valence-corrected chi connectivity index (χ1v) is 3.42. The van der Waals surface area contributed by atoms with E-state index in [0.29, 0.717) is 0 Å². The predicted octanol–water partition coefficient (Wildman–Crippen LogP) is 0.923. The summed E-state index contributed by atoms with van der Waals surface area (Å²) in [5.41, 5.74) is -1.43. The molecule has 0 aromatic heterocycles. The lowest BCUT2D eigenvalue weighted by Gasteiger charge is -2.30. The molecule has 0 spiro atoms. The van der Waals surface area contributed by atoms with Gasteiger partial charge in [-0.3, -0.25) is 0 Å². The van der Waals surface area contributed by atoms with Crippen LogP contribution in [-0.2, 0) is 0 Å². The lowest BCUT2D eigenvalue weighted by atomic mass is 10.0. The first kappa shape index (κ1) is 9.50. The van der Waals surface area contributed by atoms with Gasteiger partial charge in [0, 0.05) is 0 Å². The zero-order chi connectivity index (χ0) is 7.71. The molecule has 2 atom stereocenters. The van der Waals surface area contributed by atoms with Gasteiger partial charge in [-0.25, -0.2) is 0 Å². The summed E-state index contributed by atoms with van der Waals surface area (Å²) in [5, 5.41) is 16.5. The van der Waals surface area contributed by atoms with Gasteiger partial charge in [-0.05, 0) is 13.8 Å². The summed E-state index contributed by atoms with van der Waals surface area (Å²) in [6.45, 7) is 2.66. The van der Waals surface area contributed by atoms with Crippen LogP contribution in [0.25, 0.3) is 0 Å². The molecular formula is C5H10Cl2O2. The molecule has 0 saturated carbocycles. The molecule has 0 heterocycles. The van der Waals surface area contributed by atoms with Gasteiger partial charge in [0.2, 0.25) is 0 Å². The highest BCUT2D eigenvalue weighted by atomic mass is 35.5. The Morgan fingerprint density at radius 3 is 1.67 bits per heavy atom. The summed E-state index contributed by atoms with van der Waals surface area (Å²) in [5.74, 6) is -0.0938. The second-order valence-corrected chi connectivity index (χ2v) is 3.36. The van der Waals surface area contributed by atoms with Crippen LogP contribution in [0.1, 0.15) is 13.8 Å². The summed E-state index contributed by atoms with van der Waals surface area (Å²) in [7, 11) is 0. The molecule has 4 heteroatoms. The molecule has 0 aromatic rings. The molecule has 0 bridgehead atoms. The summed E-state index contributed by atoms with van der Waals surface area (Å²) < 4.78 is 0. The lowest BCUT2D eigenvalue weighted by molar-refractivity contribution is -0.0630. The molecule has 2 unspecified atom stereocenters. The van der Waals surface area contributed by atoms with E-state index in [1.807, 2.05) is 0 Å². The fourth-order valence-electron chi connectivity index (χ4n) is 0.122. The van der Waals surface area contributed by atoms with E-state index >= 15 is 0 Å². The lowest BCUT2D eigenvalue weighted by Crippen LogP contribution is -2.47. The highest BCUT2D eigenvalue weighted by molar-refractivity contribution is 6.25. The van der Waals surface area contributed by atoms with Crippen LogP contribution in [-0.4, -0.2) is 26.8 Å². The Hall–Kier alpha value is 0.500. The molecule has 0 rings (SSSR count). The van der Waals surface area contributed by atoms with Crippen LogP contribution in [0.4, 0.5) is 0 Å². The van der Waals surface area contributed by atoms with Crippen molar-refractivity contribution in [2.45, 2.75) is 24.5 Å². The third-order valence-electron chi connectivity index (χ3n) is 1.24. The molecule has 0 aliphatic rings. The minimum Gasteiger partial charge on any atom is -0.385 e. The summed E-state index contributed by atoms with van der Waals surface area (Å²) in [6, 6.07) is 0. The van der Waals surface area contributed by atoms with Crippen LogP contribution in [0, 0.1) is 0 Å². The third-order valence-corrected chi connectivity index (χ3v) is 2.17. The monoisotopic (exact) mass is 172 g/mol. The van der Waals surface area contributed by atoms with Gasteiger partial charge < -0.3 is 10.2 Å². The van der Waals surface area contributed by atoms with E-state index in [1.54, 1.807) is 0 Å². The zero-order valence-corrected chi connectivity index (χ0v) is 6.87. The summed E-state index contributed by atoms with van der Waals surface area (Å²) in [6.07, 6.45) is 0. The fraction of sp³-hybridized carbons (Fsp3) is 1.00. The Balaban J connectivity index is 4.14. The topological polar surface area (TPSA) is 40.5 Å². The van der Waals surface area contributed by atoms with Gasteiger partial charge in [0.1, 0.15) is 5.60 Å². The average molecular weight is 173 g/mol. The maximum Gasteiger partial charge on any atom is 0.165 e. The Kier molecular flexibility index (Phi) is 2.77. The molecule has 9 heavy (non-hydrogen) atoms. The van der Waals surface area contributed by atoms with Gasteiger partial charge in [-0.1, -0.05) is 11.6 Å². The Morgan fingerprint density at radius 1 is 1.33 bits per heavy atom. The van der Waals surface area contributed by atoms with Gasteiger partial charge in [-0.15, -0.1) is 11.6 Å². The highest BCUT2D eigenvalue weighted by Gasteiger charge is 2.39. The van der Waals surface area contributed by atoms with Crippen molar-refractivity contribution < 1.29 is 10.2 Å². The summed E-state index contributed by atoms with van der Waals surface area (Å²) in [4.78, 5) is 0. The van der Waals surface area contributed by atoms with E-state index in [4.69, 9.17) is 33.4 Å². The van der Waals surface area contributed by atoms with E-state index in [1.165, 1.54) is 13.8 Å². The molecular weight excluding hydrogens is 163 g/mol. The zero-order valence-electron chi connectivity index (χ0n) is 5.36. The fourth-order valence-corrected chi connectivity index (χ4v) is 0.517. The molecule has 0 amide bonds. The normalized spacial score (nSPS) is 24.7. The van der Waals surface area contributed by atoms with Crippen molar-refractivity contribution in [3.8, 4) is 0 Å². The molecule has 0 radical (unpaired) electrons. The van der Waals surface area contributed by atoms with Crippen molar-refractivity contribution in [2.75, 3.05) is 5.88 Å². The average Bonchev–Trinajstić information content (AvgIpc) is 1.64. The van der Waals surface area contributed by atoms with Gasteiger partial charge in [0.25, 0.3) is 0 Å². The number of hydrogen-bond donors (Lipinski definition) is 2. The second kappa shape index (κ2) is 2.62. The van der Waals surface area contributed by atoms with Crippen LogP contribution < -0.4 is 0 Å². The van der Waals surface area contributed by atoms with Gasteiger partial charge in [-0.2, -0.15) is 0 Å². The molecule has 0 saturated heterocycles. The van der Waals surface area contributed by atoms with Crippen molar-refractivity contribution in [2.24, 2.45) is 0 Å². The van der Waals surface area contributed by atoms with E-state index in [2.05, 4.69) is 0 Å². The second-order valence-electron chi connectivity index (χ2n) is 2.36. The Morgan fingerprint density at radius 2 is 1.67 bits per heavy atom. The maximum atomic E-state index is 9.15. The highest BCUT2D eigenvalue weighted by Crippen LogP contribution is 2.26. The van der Waals surface area contributed by atoms with Gasteiger partial charge in [0.15, 0.2) is 5.06 Å². The molecule has 0 aliphatic heterocycles. The standard InChI is InChI=1S/C5H10Cl2O2/c1-4(8,3-6)5(2,7)9/h8-9H,3H2,1-2H3. The molecule has 0 fully saturated rings.